The molecule has 2 N–H and O–H groups in total. The number of nitrogens with one attached hydrogen (secondary N) is 1. The van der Waals surface area contributed by atoms with Gasteiger partial charge in [-0.25, -0.2) is 0 Å². The maximum atomic E-state index is 12.8. The van der Waals surface area contributed by atoms with Crippen molar-refractivity contribution < 1.29 is 32.9 Å². The summed E-state index contributed by atoms with van der Waals surface area (Å²) in [6.07, 6.45) is 44.6. The molecule has 8 nitrogen and oxygen atoms in total. The number of carbonyl (C=O) groups is 1. The third kappa shape index (κ3) is 39.0. The monoisotopic (exact) mass is 783 g/mol. The van der Waals surface area contributed by atoms with E-state index in [1.165, 1.54) is 135 Å². The molecule has 0 bridgehead atoms. The highest BCUT2D eigenvalue weighted by atomic mass is 31.2. The highest BCUT2D eigenvalue weighted by Crippen LogP contribution is 2.38. The lowest BCUT2D eigenvalue weighted by Crippen LogP contribution is -2.45. The van der Waals surface area contributed by atoms with Crippen molar-refractivity contribution >= 4 is 13.7 Å². The van der Waals surface area contributed by atoms with Crippen LogP contribution in [-0.2, 0) is 18.4 Å². The summed E-state index contributed by atoms with van der Waals surface area (Å²) in [6, 6.07) is -0.886. The number of rotatable bonds is 40. The Hall–Kier alpha value is -1.28. The SMILES string of the molecule is CCCCC/C=C\C=C/CCCCCCCCCCCCC(=O)NC(COP(=O)([O-])OCC[N+](C)(C)C)C(O)/C=C/CCCCCCCCCCCCC. The molecule has 0 saturated carbocycles. The van der Waals surface area contributed by atoms with Gasteiger partial charge in [0, 0.05) is 6.42 Å². The number of aliphatic hydroxyl groups excluding tert-OH is 1. The number of phosphoric acid groups is 1. The van der Waals surface area contributed by atoms with Crippen LogP contribution >= 0.6 is 7.82 Å². The second kappa shape index (κ2) is 37.3. The fourth-order valence-electron chi connectivity index (χ4n) is 6.26. The first kappa shape index (κ1) is 52.7. The molecule has 0 aliphatic heterocycles. The number of unbranched alkanes of at least 4 members (excludes halogenated alkanes) is 24. The van der Waals surface area contributed by atoms with Gasteiger partial charge in [-0.1, -0.05) is 179 Å². The summed E-state index contributed by atoms with van der Waals surface area (Å²) >= 11 is 0. The smallest absolute Gasteiger partial charge is 0.268 e. The van der Waals surface area contributed by atoms with Gasteiger partial charge in [0.15, 0.2) is 0 Å². The van der Waals surface area contributed by atoms with Crippen LogP contribution in [0, 0.1) is 0 Å². The largest absolute Gasteiger partial charge is 0.756 e. The highest BCUT2D eigenvalue weighted by molar-refractivity contribution is 7.45. The van der Waals surface area contributed by atoms with Crippen molar-refractivity contribution in [2.75, 3.05) is 40.9 Å². The molecule has 3 unspecified atom stereocenters. The number of hydrogen-bond donors (Lipinski definition) is 2. The Morgan fingerprint density at radius 1 is 0.648 bits per heavy atom. The molecule has 54 heavy (non-hydrogen) atoms. The van der Waals surface area contributed by atoms with Crippen molar-refractivity contribution in [1.29, 1.82) is 0 Å². The Balaban J connectivity index is 4.39. The minimum absolute atomic E-state index is 0.00188. The van der Waals surface area contributed by atoms with Crippen LogP contribution in [0.4, 0.5) is 0 Å². The fraction of sp³-hybridized carbons (Fsp3) is 0.844. The lowest BCUT2D eigenvalue weighted by atomic mass is 10.0. The van der Waals surface area contributed by atoms with Crippen molar-refractivity contribution in [3.63, 3.8) is 0 Å². The van der Waals surface area contributed by atoms with E-state index in [2.05, 4.69) is 43.5 Å². The number of quaternary nitrogens is 1. The molecule has 0 aromatic rings. The zero-order valence-corrected chi connectivity index (χ0v) is 36.8. The number of amides is 1. The number of phosphoric ester groups is 1. The Kier molecular flexibility index (Phi) is 36.4. The van der Waals surface area contributed by atoms with Crippen molar-refractivity contribution in [1.82, 2.24) is 5.32 Å². The summed E-state index contributed by atoms with van der Waals surface area (Å²) in [7, 11) is 1.26. The van der Waals surface area contributed by atoms with E-state index in [1.54, 1.807) is 6.08 Å². The molecule has 0 aromatic heterocycles. The van der Waals surface area contributed by atoms with E-state index >= 15 is 0 Å². The zero-order chi connectivity index (χ0) is 40.0. The number of carbonyl (C=O) groups excluding carboxylic acids is 1. The van der Waals surface area contributed by atoms with Gasteiger partial charge in [-0.05, 0) is 44.9 Å². The standard InChI is InChI=1S/C45H87N2O6P/c1-6-8-10-12-14-16-18-20-21-22-23-24-25-27-29-31-33-35-37-39-45(49)46-43(42-53-54(50,51)52-41-40-47(3,4)5)44(48)38-36-34-32-30-28-26-19-17-15-13-11-9-7-2/h14,16,18,20,36,38,43-44,48H,6-13,15,17,19,21-35,37,39-42H2,1-5H3,(H-,46,49,50,51)/b16-14-,20-18-,38-36+. The average molecular weight is 783 g/mol. The predicted molar refractivity (Wildman–Crippen MR) is 228 cm³/mol. The van der Waals surface area contributed by atoms with Gasteiger partial charge in [-0.3, -0.25) is 9.36 Å². The van der Waals surface area contributed by atoms with Gasteiger partial charge in [0.05, 0.1) is 39.9 Å². The molecule has 0 spiro atoms. The van der Waals surface area contributed by atoms with E-state index < -0.39 is 20.0 Å². The first-order chi connectivity index (χ1) is 26.0. The summed E-state index contributed by atoms with van der Waals surface area (Å²) < 4.78 is 23.2. The Morgan fingerprint density at radius 3 is 1.54 bits per heavy atom. The van der Waals surface area contributed by atoms with Crippen LogP contribution in [0.25, 0.3) is 0 Å². The van der Waals surface area contributed by atoms with E-state index in [0.717, 1.165) is 38.5 Å². The number of allylic oxidation sites excluding steroid dienone is 5. The number of likely N-dealkylation sites (N-methyl/N-ethyl adjacent to an activating group) is 1. The first-order valence-corrected chi connectivity index (χ1v) is 23.8. The maximum absolute atomic E-state index is 12.8. The van der Waals surface area contributed by atoms with Gasteiger partial charge in [-0.2, -0.15) is 0 Å². The molecular weight excluding hydrogens is 695 g/mol. The molecular formula is C45H87N2O6P. The molecule has 0 fully saturated rings. The van der Waals surface area contributed by atoms with E-state index in [9.17, 15) is 19.4 Å². The van der Waals surface area contributed by atoms with Gasteiger partial charge in [-0.15, -0.1) is 0 Å². The van der Waals surface area contributed by atoms with Gasteiger partial charge < -0.3 is 28.8 Å². The molecule has 0 aliphatic carbocycles. The number of aliphatic hydroxyl groups is 1. The maximum Gasteiger partial charge on any atom is 0.268 e. The molecule has 1 amide bonds. The third-order valence-electron chi connectivity index (χ3n) is 9.87. The second-order valence-corrected chi connectivity index (χ2v) is 17.8. The predicted octanol–water partition coefficient (Wildman–Crippen LogP) is 11.7. The van der Waals surface area contributed by atoms with E-state index in [1.807, 2.05) is 27.2 Å². The molecule has 318 valence electrons. The normalized spacial score (nSPS) is 14.7. The minimum Gasteiger partial charge on any atom is -0.756 e. The van der Waals surface area contributed by atoms with Crippen LogP contribution in [0.5, 0.6) is 0 Å². The van der Waals surface area contributed by atoms with E-state index in [4.69, 9.17) is 9.05 Å². The molecule has 0 aromatic carbocycles. The topological polar surface area (TPSA) is 108 Å². The third-order valence-corrected chi connectivity index (χ3v) is 10.8. The number of nitrogens with zero attached hydrogens (tertiary/aromatic N) is 1. The molecule has 0 rings (SSSR count). The molecule has 3 atom stereocenters. The highest BCUT2D eigenvalue weighted by Gasteiger charge is 2.23. The summed E-state index contributed by atoms with van der Waals surface area (Å²) in [4.78, 5) is 25.3. The van der Waals surface area contributed by atoms with Crippen molar-refractivity contribution in [2.45, 2.75) is 206 Å². The molecule has 0 radical (unpaired) electrons. The molecule has 9 heteroatoms. The fourth-order valence-corrected chi connectivity index (χ4v) is 6.98. The van der Waals surface area contributed by atoms with Crippen molar-refractivity contribution in [3.8, 4) is 0 Å². The molecule has 0 aliphatic rings. The lowest BCUT2D eigenvalue weighted by Gasteiger charge is -2.29. The van der Waals surface area contributed by atoms with E-state index in [-0.39, 0.29) is 19.1 Å². The number of hydrogen-bond acceptors (Lipinski definition) is 6. The van der Waals surface area contributed by atoms with Crippen LogP contribution in [0.2, 0.25) is 0 Å². The lowest BCUT2D eigenvalue weighted by molar-refractivity contribution is -0.870. The van der Waals surface area contributed by atoms with Crippen LogP contribution < -0.4 is 10.2 Å². The summed E-state index contributed by atoms with van der Waals surface area (Å²) in [5.41, 5.74) is 0. The van der Waals surface area contributed by atoms with Gasteiger partial charge in [0.2, 0.25) is 5.91 Å². The van der Waals surface area contributed by atoms with E-state index in [0.29, 0.717) is 17.4 Å². The zero-order valence-electron chi connectivity index (χ0n) is 35.9. The Bertz CT molecular complexity index is 980. The summed E-state index contributed by atoms with van der Waals surface area (Å²) in [5, 5.41) is 13.8. The van der Waals surface area contributed by atoms with Crippen molar-refractivity contribution in [2.24, 2.45) is 0 Å². The van der Waals surface area contributed by atoms with Crippen molar-refractivity contribution in [3.05, 3.63) is 36.5 Å². The van der Waals surface area contributed by atoms with Gasteiger partial charge in [0.25, 0.3) is 7.82 Å². The van der Waals surface area contributed by atoms with Gasteiger partial charge in [0.1, 0.15) is 13.2 Å². The van der Waals surface area contributed by atoms with Crippen LogP contribution in [0.1, 0.15) is 194 Å². The molecule has 0 heterocycles. The van der Waals surface area contributed by atoms with Crippen LogP contribution in [0.15, 0.2) is 36.5 Å². The Morgan fingerprint density at radius 2 is 1.06 bits per heavy atom. The summed E-state index contributed by atoms with van der Waals surface area (Å²) in [5.74, 6) is -0.203. The quantitative estimate of drug-likeness (QED) is 0.0211. The van der Waals surface area contributed by atoms with Crippen LogP contribution in [-0.4, -0.2) is 68.5 Å². The minimum atomic E-state index is -4.58. The Labute approximate surface area is 334 Å². The molecule has 0 saturated heterocycles. The first-order valence-electron chi connectivity index (χ1n) is 22.4. The summed E-state index contributed by atoms with van der Waals surface area (Å²) in [6.45, 7) is 4.61. The second-order valence-electron chi connectivity index (χ2n) is 16.4. The van der Waals surface area contributed by atoms with Gasteiger partial charge >= 0.3 is 0 Å². The average Bonchev–Trinajstić information content (AvgIpc) is 3.12. The van der Waals surface area contributed by atoms with Crippen LogP contribution in [0.3, 0.4) is 0 Å².